The monoisotopic (exact) mass is 342 g/mol. The van der Waals surface area contributed by atoms with Crippen LogP contribution in [0.1, 0.15) is 42.5 Å². The van der Waals surface area contributed by atoms with Crippen LogP contribution in [0.5, 0.6) is 0 Å². The summed E-state index contributed by atoms with van der Waals surface area (Å²) in [7, 11) is 0. The van der Waals surface area contributed by atoms with Gasteiger partial charge in [0, 0.05) is 12.1 Å². The summed E-state index contributed by atoms with van der Waals surface area (Å²) in [6, 6.07) is 11.7. The van der Waals surface area contributed by atoms with Crippen molar-refractivity contribution in [1.29, 1.82) is 0 Å². The minimum absolute atomic E-state index is 0.0273. The number of amides is 1. The second-order valence-electron chi connectivity index (χ2n) is 6.18. The molecule has 0 unspecified atom stereocenters. The average molecular weight is 342 g/mol. The molecule has 2 aromatic rings. The molecule has 0 saturated carbocycles. The van der Waals surface area contributed by atoms with Crippen molar-refractivity contribution in [2.75, 3.05) is 5.75 Å². The highest BCUT2D eigenvalue weighted by Crippen LogP contribution is 2.25. The first-order valence-corrected chi connectivity index (χ1v) is 9.34. The van der Waals surface area contributed by atoms with E-state index in [4.69, 9.17) is 0 Å². The van der Waals surface area contributed by atoms with Crippen LogP contribution in [-0.4, -0.2) is 11.7 Å². The zero-order valence-corrected chi connectivity index (χ0v) is 14.6. The van der Waals surface area contributed by atoms with Crippen LogP contribution >= 0.6 is 11.8 Å². The highest BCUT2D eigenvalue weighted by Gasteiger charge is 2.15. The van der Waals surface area contributed by atoms with Gasteiger partial charge < -0.3 is 10.5 Å². The average Bonchev–Trinajstić information content (AvgIpc) is 2.60. The van der Waals surface area contributed by atoms with E-state index in [9.17, 15) is 10.0 Å². The Hall–Kier alpha value is -2.01. The lowest BCUT2D eigenvalue weighted by molar-refractivity contribution is -0.645. The molecule has 0 aliphatic heterocycles. The summed E-state index contributed by atoms with van der Waals surface area (Å²) in [6.45, 7) is 2.00. The zero-order chi connectivity index (χ0) is 16.9. The third-order valence-corrected chi connectivity index (χ3v) is 5.41. The fourth-order valence-electron chi connectivity index (χ4n) is 3.05. The number of nitrogens with one attached hydrogen (secondary N) is 1. The summed E-state index contributed by atoms with van der Waals surface area (Å²) < 4.78 is 0.783. The van der Waals surface area contributed by atoms with Crippen molar-refractivity contribution in [3.05, 3.63) is 64.5 Å². The van der Waals surface area contributed by atoms with E-state index in [1.165, 1.54) is 48.3 Å². The van der Waals surface area contributed by atoms with Crippen LogP contribution in [0, 0.1) is 5.21 Å². The molecule has 0 fully saturated rings. The molecule has 24 heavy (non-hydrogen) atoms. The van der Waals surface area contributed by atoms with Crippen LogP contribution in [0.4, 0.5) is 0 Å². The van der Waals surface area contributed by atoms with Gasteiger partial charge in [-0.2, -0.15) is 4.73 Å². The summed E-state index contributed by atoms with van der Waals surface area (Å²) in [5.41, 5.74) is 4.02. The van der Waals surface area contributed by atoms with Crippen molar-refractivity contribution in [1.82, 2.24) is 5.32 Å². The lowest BCUT2D eigenvalue weighted by atomic mass is 9.89. The lowest BCUT2D eigenvalue weighted by Gasteiger charge is -2.20. The van der Waals surface area contributed by atoms with Crippen LogP contribution < -0.4 is 10.0 Å². The molecule has 1 aliphatic carbocycles. The number of benzene rings is 1. The molecule has 1 aromatic heterocycles. The topological polar surface area (TPSA) is 56.0 Å². The van der Waals surface area contributed by atoms with Crippen LogP contribution in [0.25, 0.3) is 0 Å². The summed E-state index contributed by atoms with van der Waals surface area (Å²) in [4.78, 5) is 12.2. The molecule has 1 amide bonds. The molecule has 1 N–H and O–H groups in total. The van der Waals surface area contributed by atoms with Gasteiger partial charge >= 0.3 is 0 Å². The van der Waals surface area contributed by atoms with E-state index in [1.807, 2.05) is 6.92 Å². The summed E-state index contributed by atoms with van der Waals surface area (Å²) in [5, 5.41) is 15.1. The van der Waals surface area contributed by atoms with Crippen molar-refractivity contribution in [2.45, 2.75) is 43.7 Å². The minimum Gasteiger partial charge on any atom is -0.618 e. The Kier molecular flexibility index (Phi) is 5.41. The number of hydrogen-bond acceptors (Lipinski definition) is 3. The van der Waals surface area contributed by atoms with E-state index in [1.54, 1.807) is 18.2 Å². The normalized spacial score (nSPS) is 14.7. The van der Waals surface area contributed by atoms with Gasteiger partial charge in [-0.25, -0.2) is 0 Å². The van der Waals surface area contributed by atoms with Crippen LogP contribution in [0.15, 0.2) is 47.6 Å². The standard InChI is InChI=1S/C19H22N2O2S/c1-14(16-10-9-15-6-2-3-7-17(15)12-16)20-18(22)13-24-19-8-4-5-11-21(19)23/h4-5,8-12,14H,2-3,6-7,13H2,1H3,(H,20,22)/t14-/m1/s1. The highest BCUT2D eigenvalue weighted by molar-refractivity contribution is 7.99. The number of pyridine rings is 1. The zero-order valence-electron chi connectivity index (χ0n) is 13.8. The maximum Gasteiger partial charge on any atom is 0.251 e. The predicted molar refractivity (Wildman–Crippen MR) is 95.8 cm³/mol. The molecule has 1 aliphatic rings. The van der Waals surface area contributed by atoms with Gasteiger partial charge in [-0.15, -0.1) is 0 Å². The van der Waals surface area contributed by atoms with E-state index in [2.05, 4.69) is 23.5 Å². The lowest BCUT2D eigenvalue weighted by Crippen LogP contribution is -2.31. The first-order chi connectivity index (χ1) is 11.6. The van der Waals surface area contributed by atoms with Crippen molar-refractivity contribution >= 4 is 17.7 Å². The molecule has 0 radical (unpaired) electrons. The van der Waals surface area contributed by atoms with Gasteiger partial charge in [-0.05, 0) is 67.1 Å². The molecule has 126 valence electrons. The van der Waals surface area contributed by atoms with Crippen LogP contribution in [0.3, 0.4) is 0 Å². The molecule has 3 rings (SSSR count). The van der Waals surface area contributed by atoms with Crippen LogP contribution in [-0.2, 0) is 17.6 Å². The van der Waals surface area contributed by atoms with Gasteiger partial charge in [0.15, 0.2) is 6.20 Å². The SMILES string of the molecule is C[C@@H](NC(=O)CSc1cccc[n+]1[O-])c1ccc2c(c1)CCCC2. The van der Waals surface area contributed by atoms with E-state index in [0.29, 0.717) is 5.03 Å². The maximum absolute atomic E-state index is 12.2. The van der Waals surface area contributed by atoms with Crippen molar-refractivity contribution in [3.8, 4) is 0 Å². The number of carbonyl (C=O) groups excluding carboxylic acids is 1. The first-order valence-electron chi connectivity index (χ1n) is 8.35. The van der Waals surface area contributed by atoms with E-state index in [-0.39, 0.29) is 17.7 Å². The number of fused-ring (bicyclic) bond motifs is 1. The molecule has 0 saturated heterocycles. The van der Waals surface area contributed by atoms with Gasteiger partial charge in [0.1, 0.15) is 0 Å². The largest absolute Gasteiger partial charge is 0.618 e. The van der Waals surface area contributed by atoms with E-state index in [0.717, 1.165) is 16.7 Å². The second-order valence-corrected chi connectivity index (χ2v) is 7.17. The predicted octanol–water partition coefficient (Wildman–Crippen LogP) is 3.17. The Morgan fingerprint density at radius 2 is 2.04 bits per heavy atom. The molecule has 0 spiro atoms. The Balaban J connectivity index is 1.57. The molecule has 4 nitrogen and oxygen atoms in total. The Morgan fingerprint density at radius 3 is 2.83 bits per heavy atom. The van der Waals surface area contributed by atoms with Gasteiger partial charge in [0.2, 0.25) is 5.91 Å². The molecule has 5 heteroatoms. The number of nitrogens with zero attached hydrogens (tertiary/aromatic N) is 1. The summed E-state index contributed by atoms with van der Waals surface area (Å²) in [6.07, 6.45) is 6.27. The number of thioether (sulfide) groups is 1. The van der Waals surface area contributed by atoms with E-state index >= 15 is 0 Å². The van der Waals surface area contributed by atoms with Crippen molar-refractivity contribution in [2.24, 2.45) is 0 Å². The fourth-order valence-corrected chi connectivity index (χ4v) is 3.78. The molecule has 1 aromatic carbocycles. The second kappa shape index (κ2) is 7.71. The third-order valence-electron chi connectivity index (χ3n) is 4.39. The smallest absolute Gasteiger partial charge is 0.251 e. The summed E-state index contributed by atoms with van der Waals surface area (Å²) >= 11 is 1.25. The number of aromatic nitrogens is 1. The quantitative estimate of drug-likeness (QED) is 0.516. The fraction of sp³-hybridized carbons (Fsp3) is 0.368. The van der Waals surface area contributed by atoms with Gasteiger partial charge in [-0.1, -0.05) is 18.2 Å². The molecule has 0 bridgehead atoms. The van der Waals surface area contributed by atoms with Gasteiger partial charge in [-0.3, -0.25) is 4.79 Å². The molecule has 1 atom stereocenters. The number of aryl methyl sites for hydroxylation is 2. The van der Waals surface area contributed by atoms with E-state index < -0.39 is 0 Å². The number of carbonyl (C=O) groups is 1. The molecular formula is C19H22N2O2S. The minimum atomic E-state index is -0.0610. The number of hydrogen-bond donors (Lipinski definition) is 1. The van der Waals surface area contributed by atoms with Crippen molar-refractivity contribution in [3.63, 3.8) is 0 Å². The Bertz CT molecular complexity index is 733. The Morgan fingerprint density at radius 1 is 1.25 bits per heavy atom. The van der Waals surface area contributed by atoms with Crippen LogP contribution in [0.2, 0.25) is 0 Å². The van der Waals surface area contributed by atoms with Crippen molar-refractivity contribution < 1.29 is 9.52 Å². The summed E-state index contributed by atoms with van der Waals surface area (Å²) in [5.74, 6) is 0.177. The first kappa shape index (κ1) is 16.8. The molecular weight excluding hydrogens is 320 g/mol. The third kappa shape index (κ3) is 4.09. The Labute approximate surface area is 146 Å². The maximum atomic E-state index is 12.2. The molecule has 1 heterocycles. The van der Waals surface area contributed by atoms with Gasteiger partial charge in [0.25, 0.3) is 5.03 Å². The number of rotatable bonds is 5. The highest BCUT2D eigenvalue weighted by atomic mass is 32.2. The van der Waals surface area contributed by atoms with Gasteiger partial charge in [0.05, 0.1) is 11.8 Å².